The van der Waals surface area contributed by atoms with Crippen molar-refractivity contribution in [2.75, 3.05) is 17.2 Å². The number of anilines is 1. The monoisotopic (exact) mass is 374 g/mol. The molecule has 25 heavy (non-hydrogen) atoms. The zero-order chi connectivity index (χ0) is 16.8. The van der Waals surface area contributed by atoms with Crippen LogP contribution in [-0.2, 0) is 31.6 Å². The molecular formula is C18H22N4OS2. The van der Waals surface area contributed by atoms with Crippen LogP contribution in [0.4, 0.5) is 5.13 Å². The Hall–Kier alpha value is -1.34. The molecule has 0 amide bonds. The van der Waals surface area contributed by atoms with Crippen LogP contribution in [0.3, 0.4) is 0 Å². The molecule has 132 valence electrons. The molecule has 0 bridgehead atoms. The Morgan fingerprint density at radius 2 is 2.16 bits per heavy atom. The van der Waals surface area contributed by atoms with E-state index in [0.29, 0.717) is 12.6 Å². The lowest BCUT2D eigenvalue weighted by Crippen LogP contribution is -2.37. The van der Waals surface area contributed by atoms with Crippen LogP contribution in [-0.4, -0.2) is 33.1 Å². The number of nitrogens with zero attached hydrogens (tertiary/aromatic N) is 4. The maximum atomic E-state index is 12.5. The first-order valence-corrected chi connectivity index (χ1v) is 11.2. The molecule has 1 saturated heterocycles. The van der Waals surface area contributed by atoms with Gasteiger partial charge in [-0.05, 0) is 43.4 Å². The van der Waals surface area contributed by atoms with Gasteiger partial charge < -0.3 is 4.90 Å². The number of rotatable bonds is 3. The summed E-state index contributed by atoms with van der Waals surface area (Å²) in [6, 6.07) is 2.15. The van der Waals surface area contributed by atoms with Crippen molar-refractivity contribution in [1.29, 1.82) is 0 Å². The Kier molecular flexibility index (Phi) is 4.08. The van der Waals surface area contributed by atoms with E-state index in [-0.39, 0.29) is 5.56 Å². The van der Waals surface area contributed by atoms with Gasteiger partial charge in [0, 0.05) is 29.7 Å². The summed E-state index contributed by atoms with van der Waals surface area (Å²) in [5.74, 6) is 2.04. The Labute approximate surface area is 155 Å². The SMILES string of the molecule is O=c1cc2c(nn1CC1CCCN1c1nc3c(s1)CCC3)CCSC2. The maximum absolute atomic E-state index is 12.5. The summed E-state index contributed by atoms with van der Waals surface area (Å²) in [4.78, 5) is 21.3. The number of aromatic nitrogens is 3. The van der Waals surface area contributed by atoms with Crippen molar-refractivity contribution in [3.8, 4) is 0 Å². The van der Waals surface area contributed by atoms with Gasteiger partial charge in [0.1, 0.15) is 0 Å². The zero-order valence-electron chi connectivity index (χ0n) is 14.2. The molecule has 0 aromatic carbocycles. The smallest absolute Gasteiger partial charge is 0.267 e. The standard InChI is InChI=1S/C18H22N4OS2/c23-17-9-12-11-24-8-6-14(12)20-22(17)10-13-3-2-7-21(13)18-19-15-4-1-5-16(15)25-18/h9,13H,1-8,10-11H2. The minimum absolute atomic E-state index is 0.0507. The quantitative estimate of drug-likeness (QED) is 0.827. The van der Waals surface area contributed by atoms with Crippen LogP contribution in [0, 0.1) is 0 Å². The molecule has 0 radical (unpaired) electrons. The highest BCUT2D eigenvalue weighted by atomic mass is 32.2. The van der Waals surface area contributed by atoms with Crippen molar-refractivity contribution >= 4 is 28.2 Å². The largest absolute Gasteiger partial charge is 0.343 e. The summed E-state index contributed by atoms with van der Waals surface area (Å²) in [5.41, 5.74) is 3.62. The topological polar surface area (TPSA) is 51.0 Å². The summed E-state index contributed by atoms with van der Waals surface area (Å²) in [7, 11) is 0. The summed E-state index contributed by atoms with van der Waals surface area (Å²) in [6.07, 6.45) is 6.85. The molecule has 0 N–H and O–H groups in total. The molecule has 2 aromatic rings. The number of thioether (sulfide) groups is 1. The van der Waals surface area contributed by atoms with Gasteiger partial charge in [-0.25, -0.2) is 9.67 Å². The fourth-order valence-electron chi connectivity index (χ4n) is 4.16. The lowest BCUT2D eigenvalue weighted by atomic mass is 10.2. The van der Waals surface area contributed by atoms with Crippen LogP contribution in [0.25, 0.3) is 0 Å². The highest BCUT2D eigenvalue weighted by Gasteiger charge is 2.30. The van der Waals surface area contributed by atoms with E-state index in [1.165, 1.54) is 29.8 Å². The molecule has 1 atom stereocenters. The lowest BCUT2D eigenvalue weighted by molar-refractivity contribution is 0.481. The van der Waals surface area contributed by atoms with Gasteiger partial charge in [0.25, 0.3) is 5.56 Å². The van der Waals surface area contributed by atoms with E-state index in [1.807, 2.05) is 29.2 Å². The minimum Gasteiger partial charge on any atom is -0.343 e. The molecule has 7 heteroatoms. The van der Waals surface area contributed by atoms with E-state index in [1.54, 1.807) is 4.68 Å². The molecule has 4 heterocycles. The summed E-state index contributed by atoms with van der Waals surface area (Å²) < 4.78 is 1.71. The number of fused-ring (bicyclic) bond motifs is 2. The number of hydrogen-bond acceptors (Lipinski definition) is 6. The lowest BCUT2D eigenvalue weighted by Gasteiger charge is -2.25. The van der Waals surface area contributed by atoms with Crippen LogP contribution >= 0.6 is 23.1 Å². The van der Waals surface area contributed by atoms with Crippen LogP contribution in [0.15, 0.2) is 10.9 Å². The third-order valence-corrected chi connectivity index (χ3v) is 7.70. The van der Waals surface area contributed by atoms with Gasteiger partial charge >= 0.3 is 0 Å². The van der Waals surface area contributed by atoms with Gasteiger partial charge in [0.15, 0.2) is 5.13 Å². The predicted molar refractivity (Wildman–Crippen MR) is 103 cm³/mol. The van der Waals surface area contributed by atoms with Crippen molar-refractivity contribution in [2.45, 2.75) is 56.9 Å². The van der Waals surface area contributed by atoms with Crippen LogP contribution in [0.5, 0.6) is 0 Å². The zero-order valence-corrected chi connectivity index (χ0v) is 15.9. The van der Waals surface area contributed by atoms with E-state index >= 15 is 0 Å². The predicted octanol–water partition coefficient (Wildman–Crippen LogP) is 2.65. The van der Waals surface area contributed by atoms with Gasteiger partial charge in [-0.1, -0.05) is 0 Å². The van der Waals surface area contributed by atoms with Crippen molar-refractivity contribution in [2.24, 2.45) is 0 Å². The van der Waals surface area contributed by atoms with Gasteiger partial charge in [0.05, 0.1) is 24.0 Å². The van der Waals surface area contributed by atoms with Crippen molar-refractivity contribution in [3.63, 3.8) is 0 Å². The number of aryl methyl sites for hydroxylation is 3. The average molecular weight is 375 g/mol. The second kappa shape index (κ2) is 6.43. The van der Waals surface area contributed by atoms with E-state index in [9.17, 15) is 4.79 Å². The molecule has 5 rings (SSSR count). The molecule has 5 nitrogen and oxygen atoms in total. The number of hydrogen-bond donors (Lipinski definition) is 0. The molecular weight excluding hydrogens is 352 g/mol. The van der Waals surface area contributed by atoms with Crippen LogP contribution < -0.4 is 10.5 Å². The second-order valence-corrected chi connectivity index (χ2v) is 9.32. The molecule has 1 unspecified atom stereocenters. The van der Waals surface area contributed by atoms with Crippen molar-refractivity contribution in [1.82, 2.24) is 14.8 Å². The Bertz CT molecular complexity index is 838. The first-order valence-electron chi connectivity index (χ1n) is 9.21. The highest BCUT2D eigenvalue weighted by Crippen LogP contribution is 2.36. The van der Waals surface area contributed by atoms with Gasteiger partial charge in [-0.3, -0.25) is 4.79 Å². The molecule has 0 spiro atoms. The molecule has 0 saturated carbocycles. The van der Waals surface area contributed by atoms with Crippen LogP contribution in [0.1, 0.15) is 41.1 Å². The molecule has 1 fully saturated rings. The van der Waals surface area contributed by atoms with Gasteiger partial charge in [-0.2, -0.15) is 16.9 Å². The molecule has 2 aliphatic heterocycles. The maximum Gasteiger partial charge on any atom is 0.267 e. The molecule has 2 aromatic heterocycles. The highest BCUT2D eigenvalue weighted by molar-refractivity contribution is 7.98. The Balaban J connectivity index is 1.40. The fraction of sp³-hybridized carbons (Fsp3) is 0.611. The minimum atomic E-state index is 0.0507. The third-order valence-electron chi connectivity index (χ3n) is 5.50. The van der Waals surface area contributed by atoms with E-state index in [4.69, 9.17) is 10.1 Å². The van der Waals surface area contributed by atoms with E-state index in [2.05, 4.69) is 4.90 Å². The molecule has 1 aliphatic carbocycles. The summed E-state index contributed by atoms with van der Waals surface area (Å²) >= 11 is 3.76. The van der Waals surface area contributed by atoms with Gasteiger partial charge in [0.2, 0.25) is 0 Å². The van der Waals surface area contributed by atoms with Crippen molar-refractivity contribution < 1.29 is 0 Å². The van der Waals surface area contributed by atoms with E-state index < -0.39 is 0 Å². The first kappa shape index (κ1) is 15.9. The Morgan fingerprint density at radius 3 is 3.08 bits per heavy atom. The first-order chi connectivity index (χ1) is 12.3. The third kappa shape index (κ3) is 2.91. The summed E-state index contributed by atoms with van der Waals surface area (Å²) in [5, 5.41) is 5.86. The Morgan fingerprint density at radius 1 is 1.20 bits per heavy atom. The normalized spacial score (nSPS) is 22.2. The molecule has 3 aliphatic rings. The second-order valence-electron chi connectivity index (χ2n) is 7.15. The van der Waals surface area contributed by atoms with Crippen molar-refractivity contribution in [3.05, 3.63) is 38.2 Å². The van der Waals surface area contributed by atoms with Gasteiger partial charge in [-0.15, -0.1) is 11.3 Å². The average Bonchev–Trinajstić information content (AvgIpc) is 3.30. The summed E-state index contributed by atoms with van der Waals surface area (Å²) in [6.45, 7) is 1.73. The number of thiazole rings is 1. The fourth-order valence-corrected chi connectivity index (χ4v) is 6.36. The van der Waals surface area contributed by atoms with Crippen LogP contribution in [0.2, 0.25) is 0 Å². The van der Waals surface area contributed by atoms with E-state index in [0.717, 1.165) is 53.7 Å².